The maximum atomic E-state index is 12.7. The van der Waals surface area contributed by atoms with E-state index in [0.29, 0.717) is 18.3 Å². The van der Waals surface area contributed by atoms with Gasteiger partial charge in [0.25, 0.3) is 0 Å². The smallest absolute Gasteiger partial charge is 0.350 e. The van der Waals surface area contributed by atoms with Crippen molar-refractivity contribution in [1.82, 2.24) is 0 Å². The van der Waals surface area contributed by atoms with Gasteiger partial charge in [-0.3, -0.25) is 4.79 Å². The summed E-state index contributed by atoms with van der Waals surface area (Å²) in [6, 6.07) is 0. The van der Waals surface area contributed by atoms with E-state index >= 15 is 0 Å². The molecule has 3 unspecified atom stereocenters. The normalized spacial score (nSPS) is 25.3. The lowest BCUT2D eigenvalue weighted by Crippen LogP contribution is -2.48. The van der Waals surface area contributed by atoms with E-state index in [2.05, 4.69) is 0 Å². The zero-order valence-electron chi connectivity index (χ0n) is 18.4. The standard InChI is InChI=1S/C20H34O4.C2H6/c1-8-18(2,3)16(21)23-20(6,7)17(22)24-19(4,5)15-12-13-9-10-14(15)11-13;1-2/h13-15H,8-12H2,1-7H3;1-2H3. The molecule has 0 aromatic heterocycles. The topological polar surface area (TPSA) is 52.6 Å². The molecule has 26 heavy (non-hydrogen) atoms. The summed E-state index contributed by atoms with van der Waals surface area (Å²) in [5, 5.41) is 0. The van der Waals surface area contributed by atoms with Gasteiger partial charge in [-0.15, -0.1) is 0 Å². The van der Waals surface area contributed by atoms with Gasteiger partial charge in [0.2, 0.25) is 5.60 Å². The fourth-order valence-electron chi connectivity index (χ4n) is 4.09. The predicted molar refractivity (Wildman–Crippen MR) is 105 cm³/mol. The van der Waals surface area contributed by atoms with Crippen LogP contribution in [0, 0.1) is 23.2 Å². The Morgan fingerprint density at radius 1 is 0.885 bits per heavy atom. The summed E-state index contributed by atoms with van der Waals surface area (Å²) in [6.45, 7) is 16.8. The molecular formula is C22H40O4. The van der Waals surface area contributed by atoms with Crippen LogP contribution in [-0.2, 0) is 19.1 Å². The monoisotopic (exact) mass is 368 g/mol. The SMILES string of the molecule is CC.CCC(C)(C)C(=O)OC(C)(C)C(=O)OC(C)(C)C1CC2CCC1C2. The Balaban J connectivity index is 0.00000163. The van der Waals surface area contributed by atoms with Crippen molar-refractivity contribution in [2.45, 2.75) is 106 Å². The second-order valence-corrected chi connectivity index (χ2v) is 9.41. The number of fused-ring (bicyclic) bond motifs is 2. The van der Waals surface area contributed by atoms with Crippen LogP contribution >= 0.6 is 0 Å². The first-order valence-corrected chi connectivity index (χ1v) is 10.4. The Bertz CT molecular complexity index is 504. The van der Waals surface area contributed by atoms with Crippen molar-refractivity contribution in [3.05, 3.63) is 0 Å². The van der Waals surface area contributed by atoms with E-state index in [1.807, 2.05) is 48.5 Å². The molecule has 0 aromatic carbocycles. The molecule has 4 heteroatoms. The third-order valence-electron chi connectivity index (χ3n) is 6.26. The molecule has 0 amide bonds. The summed E-state index contributed by atoms with van der Waals surface area (Å²) >= 11 is 0. The first kappa shape index (κ1) is 23.0. The van der Waals surface area contributed by atoms with E-state index in [0.717, 1.165) is 12.3 Å². The molecule has 0 heterocycles. The Kier molecular flexibility index (Phi) is 7.34. The minimum Gasteiger partial charge on any atom is -0.456 e. The maximum absolute atomic E-state index is 12.7. The minimum absolute atomic E-state index is 0.357. The predicted octanol–water partition coefficient (Wildman–Crippen LogP) is 5.53. The summed E-state index contributed by atoms with van der Waals surface area (Å²) in [4.78, 5) is 25.0. The highest BCUT2D eigenvalue weighted by atomic mass is 16.6. The number of ether oxygens (including phenoxy) is 2. The molecule has 0 aromatic rings. The third kappa shape index (κ3) is 5.01. The maximum Gasteiger partial charge on any atom is 0.350 e. The van der Waals surface area contributed by atoms with Crippen molar-refractivity contribution >= 4 is 11.9 Å². The van der Waals surface area contributed by atoms with Crippen LogP contribution in [-0.4, -0.2) is 23.1 Å². The van der Waals surface area contributed by atoms with Crippen molar-refractivity contribution in [3.63, 3.8) is 0 Å². The van der Waals surface area contributed by atoms with Crippen LogP contribution < -0.4 is 0 Å². The summed E-state index contributed by atoms with van der Waals surface area (Å²) in [7, 11) is 0. The number of hydrogen-bond donors (Lipinski definition) is 0. The lowest BCUT2D eigenvalue weighted by Gasteiger charge is -2.39. The number of esters is 2. The van der Waals surface area contributed by atoms with Gasteiger partial charge < -0.3 is 9.47 Å². The van der Waals surface area contributed by atoms with Crippen molar-refractivity contribution in [1.29, 1.82) is 0 Å². The Morgan fingerprint density at radius 3 is 1.88 bits per heavy atom. The van der Waals surface area contributed by atoms with Gasteiger partial charge in [-0.05, 0) is 79.1 Å². The van der Waals surface area contributed by atoms with Crippen molar-refractivity contribution in [2.24, 2.45) is 23.2 Å². The van der Waals surface area contributed by atoms with E-state index in [4.69, 9.17) is 9.47 Å². The molecule has 0 saturated heterocycles. The molecule has 2 saturated carbocycles. The highest BCUT2D eigenvalue weighted by molar-refractivity contribution is 5.84. The largest absolute Gasteiger partial charge is 0.456 e. The zero-order chi connectivity index (χ0) is 20.3. The van der Waals surface area contributed by atoms with Gasteiger partial charge in [0.15, 0.2) is 0 Å². The third-order valence-corrected chi connectivity index (χ3v) is 6.26. The number of carbonyl (C=O) groups is 2. The molecular weight excluding hydrogens is 328 g/mol. The molecule has 4 nitrogen and oxygen atoms in total. The molecule has 2 aliphatic rings. The van der Waals surface area contributed by atoms with Crippen molar-refractivity contribution in [3.8, 4) is 0 Å². The molecule has 2 aliphatic carbocycles. The van der Waals surface area contributed by atoms with Gasteiger partial charge in [-0.1, -0.05) is 27.2 Å². The van der Waals surface area contributed by atoms with Gasteiger partial charge >= 0.3 is 11.9 Å². The van der Waals surface area contributed by atoms with Crippen LogP contribution in [0.2, 0.25) is 0 Å². The fourth-order valence-corrected chi connectivity index (χ4v) is 4.09. The highest BCUT2D eigenvalue weighted by Crippen LogP contribution is 2.53. The van der Waals surface area contributed by atoms with Crippen molar-refractivity contribution < 1.29 is 19.1 Å². The van der Waals surface area contributed by atoms with Crippen molar-refractivity contribution in [2.75, 3.05) is 0 Å². The molecule has 2 bridgehead atoms. The van der Waals surface area contributed by atoms with E-state index in [-0.39, 0.29) is 5.97 Å². The van der Waals surface area contributed by atoms with Crippen LogP contribution in [0.15, 0.2) is 0 Å². The van der Waals surface area contributed by atoms with E-state index < -0.39 is 22.6 Å². The van der Waals surface area contributed by atoms with Crippen LogP contribution in [0.1, 0.15) is 94.4 Å². The van der Waals surface area contributed by atoms with Crippen LogP contribution in [0.25, 0.3) is 0 Å². The number of carbonyl (C=O) groups excluding carboxylic acids is 2. The summed E-state index contributed by atoms with van der Waals surface area (Å²) in [5.74, 6) is 1.08. The zero-order valence-corrected chi connectivity index (χ0v) is 18.4. The number of rotatable bonds is 6. The minimum atomic E-state index is -1.27. The van der Waals surface area contributed by atoms with Gasteiger partial charge in [-0.2, -0.15) is 0 Å². The Hall–Kier alpha value is -1.06. The molecule has 2 rings (SSSR count). The average molecular weight is 369 g/mol. The lowest BCUT2D eigenvalue weighted by molar-refractivity contribution is -0.196. The molecule has 0 spiro atoms. The second kappa shape index (κ2) is 8.31. The average Bonchev–Trinajstić information content (AvgIpc) is 3.19. The van der Waals surface area contributed by atoms with E-state index in [9.17, 15) is 9.59 Å². The van der Waals surface area contributed by atoms with Gasteiger partial charge in [-0.25, -0.2) is 4.79 Å². The Morgan fingerprint density at radius 2 is 1.46 bits per heavy atom. The van der Waals surface area contributed by atoms with Gasteiger partial charge in [0.05, 0.1) is 5.41 Å². The first-order chi connectivity index (χ1) is 11.9. The fraction of sp³-hybridized carbons (Fsp3) is 0.909. The molecule has 0 N–H and O–H groups in total. The molecule has 0 radical (unpaired) electrons. The first-order valence-electron chi connectivity index (χ1n) is 10.4. The van der Waals surface area contributed by atoms with Crippen LogP contribution in [0.3, 0.4) is 0 Å². The summed E-state index contributed by atoms with van der Waals surface area (Å²) < 4.78 is 11.4. The quantitative estimate of drug-likeness (QED) is 0.579. The number of hydrogen-bond acceptors (Lipinski definition) is 4. The molecule has 152 valence electrons. The van der Waals surface area contributed by atoms with E-state index in [1.165, 1.54) is 19.3 Å². The molecule has 0 aliphatic heterocycles. The Labute approximate surface area is 160 Å². The second-order valence-electron chi connectivity index (χ2n) is 9.41. The summed E-state index contributed by atoms with van der Waals surface area (Å²) in [5.41, 5.74) is -2.38. The molecule has 2 fully saturated rings. The van der Waals surface area contributed by atoms with Gasteiger partial charge in [0.1, 0.15) is 5.60 Å². The van der Waals surface area contributed by atoms with Crippen LogP contribution in [0.5, 0.6) is 0 Å². The van der Waals surface area contributed by atoms with Gasteiger partial charge in [0, 0.05) is 5.92 Å². The van der Waals surface area contributed by atoms with Crippen LogP contribution in [0.4, 0.5) is 0 Å². The highest BCUT2D eigenvalue weighted by Gasteiger charge is 2.50. The van der Waals surface area contributed by atoms with E-state index in [1.54, 1.807) is 13.8 Å². The lowest BCUT2D eigenvalue weighted by atomic mass is 9.78. The molecule has 3 atom stereocenters. The summed E-state index contributed by atoms with van der Waals surface area (Å²) in [6.07, 6.45) is 5.65.